The molecule has 2 heterocycles. The van der Waals surface area contributed by atoms with Gasteiger partial charge in [-0.2, -0.15) is 4.68 Å². The molecule has 2 aromatic heterocycles. The number of benzene rings is 1. The number of aryl methyl sites for hydroxylation is 1. The van der Waals surface area contributed by atoms with Crippen molar-refractivity contribution >= 4 is 5.82 Å². The summed E-state index contributed by atoms with van der Waals surface area (Å²) in [7, 11) is 1.62. The molecule has 0 radical (unpaired) electrons. The van der Waals surface area contributed by atoms with E-state index in [2.05, 4.69) is 15.3 Å². The predicted molar refractivity (Wildman–Crippen MR) is 80.3 cm³/mol. The minimum absolute atomic E-state index is 0.463. The average molecular weight is 281 g/mol. The van der Waals surface area contributed by atoms with Crippen LogP contribution in [0.1, 0.15) is 5.56 Å². The van der Waals surface area contributed by atoms with Gasteiger partial charge in [0.15, 0.2) is 5.82 Å². The summed E-state index contributed by atoms with van der Waals surface area (Å²) in [5.74, 6) is 1.16. The van der Waals surface area contributed by atoms with E-state index in [0.717, 1.165) is 16.8 Å². The summed E-state index contributed by atoms with van der Waals surface area (Å²) in [5, 5.41) is 8.33. The second-order valence-corrected chi connectivity index (χ2v) is 4.65. The second kappa shape index (κ2) is 5.24. The first-order chi connectivity index (χ1) is 10.2. The number of aromatic nitrogens is 4. The van der Waals surface area contributed by atoms with Crippen molar-refractivity contribution in [2.45, 2.75) is 6.92 Å². The van der Waals surface area contributed by atoms with Crippen LogP contribution in [0.3, 0.4) is 0 Å². The molecule has 0 saturated carbocycles. The highest BCUT2D eigenvalue weighted by Gasteiger charge is 2.15. The van der Waals surface area contributed by atoms with Crippen LogP contribution < -0.4 is 10.5 Å². The van der Waals surface area contributed by atoms with Crippen LogP contribution in [0.4, 0.5) is 5.82 Å². The van der Waals surface area contributed by atoms with Crippen LogP contribution in [0, 0.1) is 6.92 Å². The number of methoxy groups -OCH3 is 1. The van der Waals surface area contributed by atoms with E-state index < -0.39 is 0 Å². The topological polar surface area (TPSA) is 78.8 Å². The number of hydrogen-bond donors (Lipinski definition) is 1. The van der Waals surface area contributed by atoms with Crippen molar-refractivity contribution in [3.8, 4) is 22.7 Å². The van der Waals surface area contributed by atoms with Crippen molar-refractivity contribution < 1.29 is 4.74 Å². The van der Waals surface area contributed by atoms with Crippen molar-refractivity contribution in [3.05, 3.63) is 48.3 Å². The first-order valence-corrected chi connectivity index (χ1v) is 6.47. The van der Waals surface area contributed by atoms with Crippen molar-refractivity contribution in [2.24, 2.45) is 0 Å². The van der Waals surface area contributed by atoms with Gasteiger partial charge in [-0.1, -0.05) is 11.3 Å². The van der Waals surface area contributed by atoms with Gasteiger partial charge in [0.1, 0.15) is 17.1 Å². The monoisotopic (exact) mass is 281 g/mol. The third kappa shape index (κ3) is 2.31. The molecule has 0 bridgehead atoms. The Morgan fingerprint density at radius 1 is 1.14 bits per heavy atom. The molecule has 0 aliphatic heterocycles. The third-order valence-corrected chi connectivity index (χ3v) is 3.22. The zero-order chi connectivity index (χ0) is 14.8. The normalized spacial score (nSPS) is 10.6. The SMILES string of the molecule is COc1ccc(C)cc1-n1nnc(-c2ccncc2)c1N. The van der Waals surface area contributed by atoms with Gasteiger partial charge in [0, 0.05) is 18.0 Å². The lowest BCUT2D eigenvalue weighted by atomic mass is 10.2. The predicted octanol–water partition coefficient (Wildman–Crippen LogP) is 2.23. The van der Waals surface area contributed by atoms with Crippen molar-refractivity contribution in [2.75, 3.05) is 12.8 Å². The molecule has 0 atom stereocenters. The van der Waals surface area contributed by atoms with Gasteiger partial charge in [0.2, 0.25) is 0 Å². The molecule has 21 heavy (non-hydrogen) atoms. The maximum atomic E-state index is 6.20. The van der Waals surface area contributed by atoms with Gasteiger partial charge in [0.05, 0.1) is 7.11 Å². The Morgan fingerprint density at radius 3 is 2.62 bits per heavy atom. The lowest BCUT2D eigenvalue weighted by Crippen LogP contribution is -2.04. The average Bonchev–Trinajstić information content (AvgIpc) is 2.89. The molecule has 1 aromatic carbocycles. The molecule has 3 aromatic rings. The molecule has 0 aliphatic carbocycles. The summed E-state index contributed by atoms with van der Waals surface area (Å²) in [6, 6.07) is 9.51. The molecule has 0 unspecified atom stereocenters. The second-order valence-electron chi connectivity index (χ2n) is 4.65. The molecule has 3 rings (SSSR count). The van der Waals surface area contributed by atoms with E-state index in [0.29, 0.717) is 17.3 Å². The van der Waals surface area contributed by atoms with E-state index in [4.69, 9.17) is 10.5 Å². The molecule has 0 amide bonds. The Hall–Kier alpha value is -2.89. The van der Waals surface area contributed by atoms with Gasteiger partial charge in [-0.05, 0) is 36.8 Å². The number of hydrogen-bond acceptors (Lipinski definition) is 5. The van der Waals surface area contributed by atoms with Crippen LogP contribution in [0.2, 0.25) is 0 Å². The van der Waals surface area contributed by atoms with Crippen LogP contribution in [-0.4, -0.2) is 27.1 Å². The Labute approximate surface area is 122 Å². The van der Waals surface area contributed by atoms with Crippen LogP contribution in [0.15, 0.2) is 42.7 Å². The highest BCUT2D eigenvalue weighted by molar-refractivity contribution is 5.71. The summed E-state index contributed by atoms with van der Waals surface area (Å²) >= 11 is 0. The van der Waals surface area contributed by atoms with E-state index in [1.807, 2.05) is 37.3 Å². The summed E-state index contributed by atoms with van der Waals surface area (Å²) in [5.41, 5.74) is 9.56. The number of pyridine rings is 1. The Bertz CT molecular complexity index is 767. The molecular weight excluding hydrogens is 266 g/mol. The van der Waals surface area contributed by atoms with E-state index in [9.17, 15) is 0 Å². The molecule has 0 aliphatic rings. The van der Waals surface area contributed by atoms with E-state index in [1.54, 1.807) is 24.2 Å². The van der Waals surface area contributed by atoms with E-state index >= 15 is 0 Å². The maximum absolute atomic E-state index is 6.20. The minimum atomic E-state index is 0.463. The first kappa shape index (κ1) is 13.1. The van der Waals surface area contributed by atoms with Crippen molar-refractivity contribution in [3.63, 3.8) is 0 Å². The lowest BCUT2D eigenvalue weighted by molar-refractivity contribution is 0.411. The number of nitrogens with two attached hydrogens (primary N) is 1. The minimum Gasteiger partial charge on any atom is -0.494 e. The summed E-state index contributed by atoms with van der Waals surface area (Å²) in [6.45, 7) is 2.00. The van der Waals surface area contributed by atoms with Gasteiger partial charge in [-0.3, -0.25) is 4.98 Å². The zero-order valence-corrected chi connectivity index (χ0v) is 11.8. The standard InChI is InChI=1S/C15H15N5O/c1-10-3-4-13(21-2)12(9-10)20-15(16)14(18-19-20)11-5-7-17-8-6-11/h3-9H,16H2,1-2H3. The van der Waals surface area contributed by atoms with Crippen LogP contribution in [-0.2, 0) is 0 Å². The third-order valence-electron chi connectivity index (χ3n) is 3.22. The number of nitrogen functional groups attached to an aromatic ring is 1. The van der Waals surface area contributed by atoms with Gasteiger partial charge in [-0.25, -0.2) is 0 Å². The molecule has 2 N–H and O–H groups in total. The molecule has 6 heteroatoms. The summed E-state index contributed by atoms with van der Waals surface area (Å²) in [4.78, 5) is 3.99. The van der Waals surface area contributed by atoms with Crippen molar-refractivity contribution in [1.29, 1.82) is 0 Å². The first-order valence-electron chi connectivity index (χ1n) is 6.47. The van der Waals surface area contributed by atoms with E-state index in [1.165, 1.54) is 0 Å². The summed E-state index contributed by atoms with van der Waals surface area (Å²) in [6.07, 6.45) is 3.39. The number of nitrogens with zero attached hydrogens (tertiary/aromatic N) is 4. The molecular formula is C15H15N5O. The smallest absolute Gasteiger partial charge is 0.156 e. The van der Waals surface area contributed by atoms with Gasteiger partial charge in [-0.15, -0.1) is 5.10 Å². The fourth-order valence-corrected chi connectivity index (χ4v) is 2.15. The fraction of sp³-hybridized carbons (Fsp3) is 0.133. The van der Waals surface area contributed by atoms with Gasteiger partial charge in [0.25, 0.3) is 0 Å². The lowest BCUT2D eigenvalue weighted by Gasteiger charge is -2.10. The van der Waals surface area contributed by atoms with Crippen LogP contribution in [0.25, 0.3) is 16.9 Å². The van der Waals surface area contributed by atoms with Gasteiger partial charge >= 0.3 is 0 Å². The van der Waals surface area contributed by atoms with Crippen LogP contribution >= 0.6 is 0 Å². The molecule has 0 saturated heterocycles. The summed E-state index contributed by atoms with van der Waals surface area (Å²) < 4.78 is 6.96. The number of rotatable bonds is 3. The van der Waals surface area contributed by atoms with Crippen molar-refractivity contribution in [1.82, 2.24) is 20.0 Å². The molecule has 0 spiro atoms. The Kier molecular flexibility index (Phi) is 3.27. The quantitative estimate of drug-likeness (QED) is 0.796. The number of anilines is 1. The largest absolute Gasteiger partial charge is 0.494 e. The number of ether oxygens (including phenoxy) is 1. The van der Waals surface area contributed by atoms with Crippen LogP contribution in [0.5, 0.6) is 5.75 Å². The van der Waals surface area contributed by atoms with Gasteiger partial charge < -0.3 is 10.5 Å². The zero-order valence-electron chi connectivity index (χ0n) is 11.8. The Balaban J connectivity index is 2.14. The maximum Gasteiger partial charge on any atom is 0.156 e. The Morgan fingerprint density at radius 2 is 1.90 bits per heavy atom. The molecule has 6 nitrogen and oxygen atoms in total. The molecule has 0 fully saturated rings. The highest BCUT2D eigenvalue weighted by atomic mass is 16.5. The molecule has 106 valence electrons. The van der Waals surface area contributed by atoms with E-state index in [-0.39, 0.29) is 0 Å². The highest BCUT2D eigenvalue weighted by Crippen LogP contribution is 2.29. The fourth-order valence-electron chi connectivity index (χ4n) is 2.15.